The first-order valence-electron chi connectivity index (χ1n) is 5.18. The van der Waals surface area contributed by atoms with Crippen LogP contribution in [-0.2, 0) is 6.54 Å². The average molecular weight is 214 g/mol. The van der Waals surface area contributed by atoms with Crippen molar-refractivity contribution < 1.29 is 0 Å². The Morgan fingerprint density at radius 1 is 1.12 bits per heavy atom. The first-order chi connectivity index (χ1) is 7.77. The van der Waals surface area contributed by atoms with Gasteiger partial charge in [-0.3, -0.25) is 9.97 Å². The lowest BCUT2D eigenvalue weighted by Gasteiger charge is -2.08. The number of aryl methyl sites for hydroxylation is 2. The van der Waals surface area contributed by atoms with Crippen molar-refractivity contribution >= 4 is 5.82 Å². The molecule has 0 saturated carbocycles. The molecule has 0 aliphatic carbocycles. The van der Waals surface area contributed by atoms with E-state index in [4.69, 9.17) is 0 Å². The van der Waals surface area contributed by atoms with Gasteiger partial charge in [-0.05, 0) is 31.0 Å². The lowest BCUT2D eigenvalue weighted by atomic mass is 10.1. The van der Waals surface area contributed by atoms with Crippen LogP contribution < -0.4 is 5.32 Å². The predicted molar refractivity (Wildman–Crippen MR) is 63.1 cm³/mol. The molecule has 0 aromatic carbocycles. The molecule has 0 saturated heterocycles. The van der Waals surface area contributed by atoms with E-state index in [0.717, 1.165) is 18.1 Å². The van der Waals surface area contributed by atoms with E-state index in [9.17, 15) is 0 Å². The first kappa shape index (κ1) is 10.5. The molecule has 2 aromatic heterocycles. The molecule has 0 aliphatic heterocycles. The Kier molecular flexibility index (Phi) is 3.10. The Bertz CT molecular complexity index is 436. The third-order valence-electron chi connectivity index (χ3n) is 2.47. The zero-order valence-electron chi connectivity index (χ0n) is 9.44. The number of aromatic nitrogens is 3. The molecule has 2 heterocycles. The fourth-order valence-electron chi connectivity index (χ4n) is 1.44. The summed E-state index contributed by atoms with van der Waals surface area (Å²) in [7, 11) is 0. The third-order valence-corrected chi connectivity index (χ3v) is 2.47. The zero-order valence-corrected chi connectivity index (χ0v) is 9.44. The number of hydrogen-bond acceptors (Lipinski definition) is 4. The zero-order chi connectivity index (χ0) is 11.4. The van der Waals surface area contributed by atoms with Crippen LogP contribution in [0.5, 0.6) is 0 Å². The lowest BCUT2D eigenvalue weighted by Crippen LogP contribution is -2.05. The second kappa shape index (κ2) is 4.70. The monoisotopic (exact) mass is 214 g/mol. The summed E-state index contributed by atoms with van der Waals surface area (Å²) >= 11 is 0. The van der Waals surface area contributed by atoms with Crippen LogP contribution >= 0.6 is 0 Å². The standard InChI is InChI=1S/C12H14N4/c1-9-3-4-13-7-11(9)8-16-12-10(2)14-5-6-15-12/h3-7H,8H2,1-2H3,(H,15,16). The number of rotatable bonds is 3. The summed E-state index contributed by atoms with van der Waals surface area (Å²) in [4.78, 5) is 12.5. The van der Waals surface area contributed by atoms with Crippen LogP contribution in [0.4, 0.5) is 5.82 Å². The van der Waals surface area contributed by atoms with Crippen LogP contribution in [0.25, 0.3) is 0 Å². The summed E-state index contributed by atoms with van der Waals surface area (Å²) in [5.41, 5.74) is 3.31. The minimum atomic E-state index is 0.721. The van der Waals surface area contributed by atoms with Gasteiger partial charge in [0.2, 0.25) is 0 Å². The van der Waals surface area contributed by atoms with Gasteiger partial charge in [0.1, 0.15) is 5.82 Å². The topological polar surface area (TPSA) is 50.7 Å². The molecule has 4 nitrogen and oxygen atoms in total. The highest BCUT2D eigenvalue weighted by atomic mass is 15.0. The number of nitrogens with one attached hydrogen (secondary N) is 1. The fraction of sp³-hybridized carbons (Fsp3) is 0.250. The molecule has 1 N–H and O–H groups in total. The van der Waals surface area contributed by atoms with Crippen molar-refractivity contribution in [3.8, 4) is 0 Å². The van der Waals surface area contributed by atoms with E-state index in [1.165, 1.54) is 11.1 Å². The number of hydrogen-bond donors (Lipinski definition) is 1. The van der Waals surface area contributed by atoms with Crippen LogP contribution in [0, 0.1) is 13.8 Å². The quantitative estimate of drug-likeness (QED) is 0.850. The minimum absolute atomic E-state index is 0.721. The van der Waals surface area contributed by atoms with Gasteiger partial charge in [-0.1, -0.05) is 0 Å². The molecule has 0 aliphatic rings. The smallest absolute Gasteiger partial charge is 0.147 e. The fourth-order valence-corrected chi connectivity index (χ4v) is 1.44. The largest absolute Gasteiger partial charge is 0.364 e. The van der Waals surface area contributed by atoms with Crippen LogP contribution in [0.15, 0.2) is 30.9 Å². The van der Waals surface area contributed by atoms with Gasteiger partial charge in [0.25, 0.3) is 0 Å². The van der Waals surface area contributed by atoms with Crippen molar-refractivity contribution in [2.75, 3.05) is 5.32 Å². The summed E-state index contributed by atoms with van der Waals surface area (Å²) in [5, 5.41) is 3.26. The minimum Gasteiger partial charge on any atom is -0.364 e. The third kappa shape index (κ3) is 2.34. The molecular weight excluding hydrogens is 200 g/mol. The maximum atomic E-state index is 4.23. The Balaban J connectivity index is 2.09. The molecule has 4 heteroatoms. The summed E-state index contributed by atoms with van der Waals surface area (Å²) in [6.07, 6.45) is 7.04. The number of nitrogens with zero attached hydrogens (tertiary/aromatic N) is 3. The lowest BCUT2D eigenvalue weighted by molar-refractivity contribution is 1.03. The second-order valence-electron chi connectivity index (χ2n) is 3.65. The van der Waals surface area contributed by atoms with Crippen LogP contribution in [-0.4, -0.2) is 15.0 Å². The van der Waals surface area contributed by atoms with Gasteiger partial charge in [0.05, 0.1) is 5.69 Å². The molecule has 0 fully saturated rings. The number of anilines is 1. The summed E-state index contributed by atoms with van der Waals surface area (Å²) < 4.78 is 0. The van der Waals surface area contributed by atoms with E-state index in [-0.39, 0.29) is 0 Å². The molecule has 2 rings (SSSR count). The molecule has 0 bridgehead atoms. The van der Waals surface area contributed by atoms with E-state index in [2.05, 4.69) is 27.2 Å². The highest BCUT2D eigenvalue weighted by Crippen LogP contribution is 2.10. The average Bonchev–Trinajstić information content (AvgIpc) is 2.30. The van der Waals surface area contributed by atoms with Crippen LogP contribution in [0.3, 0.4) is 0 Å². The first-order valence-corrected chi connectivity index (χ1v) is 5.18. The van der Waals surface area contributed by atoms with E-state index in [1.807, 2.05) is 19.2 Å². The molecule has 16 heavy (non-hydrogen) atoms. The summed E-state index contributed by atoms with van der Waals surface area (Å²) in [6, 6.07) is 2.00. The Morgan fingerprint density at radius 2 is 1.94 bits per heavy atom. The normalized spacial score (nSPS) is 10.1. The van der Waals surface area contributed by atoms with Crippen molar-refractivity contribution in [3.05, 3.63) is 47.7 Å². The molecule has 0 spiro atoms. The molecule has 0 amide bonds. The van der Waals surface area contributed by atoms with E-state index in [1.54, 1.807) is 18.6 Å². The Hall–Kier alpha value is -1.97. The predicted octanol–water partition coefficient (Wildman–Crippen LogP) is 2.10. The molecule has 2 aromatic rings. The van der Waals surface area contributed by atoms with Crippen molar-refractivity contribution in [2.24, 2.45) is 0 Å². The van der Waals surface area contributed by atoms with Gasteiger partial charge in [-0.15, -0.1) is 0 Å². The number of pyridine rings is 1. The summed E-state index contributed by atoms with van der Waals surface area (Å²) in [5.74, 6) is 0.825. The van der Waals surface area contributed by atoms with Gasteiger partial charge < -0.3 is 5.32 Å². The van der Waals surface area contributed by atoms with Crippen molar-refractivity contribution in [1.29, 1.82) is 0 Å². The van der Waals surface area contributed by atoms with Gasteiger partial charge in [-0.25, -0.2) is 4.98 Å². The van der Waals surface area contributed by atoms with Gasteiger partial charge in [0.15, 0.2) is 0 Å². The molecule has 0 radical (unpaired) electrons. The van der Waals surface area contributed by atoms with Crippen LogP contribution in [0.1, 0.15) is 16.8 Å². The van der Waals surface area contributed by atoms with Gasteiger partial charge >= 0.3 is 0 Å². The Morgan fingerprint density at radius 3 is 2.69 bits per heavy atom. The van der Waals surface area contributed by atoms with E-state index in [0.29, 0.717) is 0 Å². The van der Waals surface area contributed by atoms with Crippen molar-refractivity contribution in [3.63, 3.8) is 0 Å². The van der Waals surface area contributed by atoms with Gasteiger partial charge in [-0.2, -0.15) is 0 Å². The van der Waals surface area contributed by atoms with Gasteiger partial charge in [0, 0.05) is 31.3 Å². The van der Waals surface area contributed by atoms with Crippen LogP contribution in [0.2, 0.25) is 0 Å². The highest BCUT2D eigenvalue weighted by Gasteiger charge is 2.01. The molecular formula is C12H14N4. The second-order valence-corrected chi connectivity index (χ2v) is 3.65. The molecule has 0 unspecified atom stereocenters. The van der Waals surface area contributed by atoms with E-state index < -0.39 is 0 Å². The molecule has 82 valence electrons. The van der Waals surface area contributed by atoms with Crippen molar-refractivity contribution in [2.45, 2.75) is 20.4 Å². The highest BCUT2D eigenvalue weighted by molar-refractivity contribution is 5.39. The Labute approximate surface area is 94.8 Å². The molecule has 0 atom stereocenters. The summed E-state index contributed by atoms with van der Waals surface area (Å²) in [6.45, 7) is 4.73. The maximum Gasteiger partial charge on any atom is 0.147 e. The SMILES string of the molecule is Cc1ccncc1CNc1nccnc1C. The maximum absolute atomic E-state index is 4.23. The van der Waals surface area contributed by atoms with Crippen molar-refractivity contribution in [1.82, 2.24) is 15.0 Å². The van der Waals surface area contributed by atoms with E-state index >= 15 is 0 Å².